The number of aryl methyl sites for hydroxylation is 1. The van der Waals surface area contributed by atoms with Crippen molar-refractivity contribution in [3.63, 3.8) is 0 Å². The summed E-state index contributed by atoms with van der Waals surface area (Å²) in [5.74, 6) is 2.93. The average Bonchev–Trinajstić information content (AvgIpc) is 3.04. The minimum absolute atomic E-state index is 0.413. The molecule has 2 aliphatic rings. The van der Waals surface area contributed by atoms with Gasteiger partial charge >= 0.3 is 0 Å². The van der Waals surface area contributed by atoms with Crippen molar-refractivity contribution in [3.05, 3.63) is 11.6 Å². The van der Waals surface area contributed by atoms with Crippen LogP contribution in [0.4, 0.5) is 0 Å². The summed E-state index contributed by atoms with van der Waals surface area (Å²) in [6.07, 6.45) is 5.18. The summed E-state index contributed by atoms with van der Waals surface area (Å²) in [6, 6.07) is 1.09. The molecule has 4 heteroatoms. The fraction of sp³-hybridized carbons (Fsp3) is 0.833. The Morgan fingerprint density at radius 3 is 2.75 bits per heavy atom. The molecule has 1 aromatic rings. The molecule has 2 fully saturated rings. The maximum absolute atomic E-state index is 4.40. The van der Waals surface area contributed by atoms with E-state index < -0.39 is 0 Å². The van der Waals surface area contributed by atoms with Crippen molar-refractivity contribution in [1.29, 1.82) is 0 Å². The third kappa shape index (κ3) is 1.65. The van der Waals surface area contributed by atoms with E-state index in [-0.39, 0.29) is 0 Å². The highest BCUT2D eigenvalue weighted by Crippen LogP contribution is 2.39. The van der Waals surface area contributed by atoms with E-state index in [0.29, 0.717) is 18.0 Å². The molecule has 0 spiro atoms. The van der Waals surface area contributed by atoms with Crippen LogP contribution < -0.4 is 5.32 Å². The molecule has 16 heavy (non-hydrogen) atoms. The maximum atomic E-state index is 4.40. The van der Waals surface area contributed by atoms with Gasteiger partial charge < -0.3 is 9.88 Å². The Labute approximate surface area is 96.4 Å². The average molecular weight is 220 g/mol. The van der Waals surface area contributed by atoms with E-state index in [1.54, 1.807) is 0 Å². The third-order valence-corrected chi connectivity index (χ3v) is 3.85. The van der Waals surface area contributed by atoms with Crippen molar-refractivity contribution < 1.29 is 0 Å². The molecule has 1 aromatic heterocycles. The van der Waals surface area contributed by atoms with Crippen LogP contribution in [0.15, 0.2) is 0 Å². The van der Waals surface area contributed by atoms with E-state index in [4.69, 9.17) is 0 Å². The van der Waals surface area contributed by atoms with Crippen LogP contribution in [0.1, 0.15) is 56.3 Å². The number of nitrogens with one attached hydrogen (secondary N) is 1. The standard InChI is InChI=1S/C12H20N4/c1-8-4-3-7-13-11(8)12-15-14-9(2)16(12)10-5-6-10/h8,10-11,13H,3-7H2,1-2H3. The summed E-state index contributed by atoms with van der Waals surface area (Å²) in [7, 11) is 0. The molecule has 3 rings (SSSR count). The van der Waals surface area contributed by atoms with Gasteiger partial charge in [-0.1, -0.05) is 6.92 Å². The highest BCUT2D eigenvalue weighted by Gasteiger charge is 2.33. The lowest BCUT2D eigenvalue weighted by atomic mass is 9.92. The Morgan fingerprint density at radius 1 is 1.25 bits per heavy atom. The number of aromatic nitrogens is 3. The van der Waals surface area contributed by atoms with Gasteiger partial charge in [-0.3, -0.25) is 0 Å². The second-order valence-electron chi connectivity index (χ2n) is 5.26. The van der Waals surface area contributed by atoms with Gasteiger partial charge in [0.25, 0.3) is 0 Å². The van der Waals surface area contributed by atoms with Gasteiger partial charge in [-0.25, -0.2) is 0 Å². The van der Waals surface area contributed by atoms with Crippen LogP contribution in [0, 0.1) is 12.8 Å². The lowest BCUT2D eigenvalue weighted by Gasteiger charge is -2.29. The van der Waals surface area contributed by atoms with E-state index >= 15 is 0 Å². The van der Waals surface area contributed by atoms with Crippen LogP contribution in [-0.4, -0.2) is 21.3 Å². The van der Waals surface area contributed by atoms with Crippen LogP contribution in [0.5, 0.6) is 0 Å². The van der Waals surface area contributed by atoms with Crippen LogP contribution >= 0.6 is 0 Å². The first-order valence-electron chi connectivity index (χ1n) is 6.42. The lowest BCUT2D eigenvalue weighted by molar-refractivity contribution is 0.287. The van der Waals surface area contributed by atoms with Crippen molar-refractivity contribution in [1.82, 2.24) is 20.1 Å². The van der Waals surface area contributed by atoms with Crippen LogP contribution in [0.3, 0.4) is 0 Å². The molecule has 88 valence electrons. The Balaban J connectivity index is 1.92. The molecule has 1 saturated heterocycles. The monoisotopic (exact) mass is 220 g/mol. The molecule has 1 aliphatic carbocycles. The van der Waals surface area contributed by atoms with Gasteiger partial charge in [-0.05, 0) is 45.1 Å². The molecule has 1 saturated carbocycles. The summed E-state index contributed by atoms with van der Waals surface area (Å²) in [4.78, 5) is 0. The fourth-order valence-electron chi connectivity index (χ4n) is 2.78. The molecule has 1 N–H and O–H groups in total. The third-order valence-electron chi connectivity index (χ3n) is 3.85. The van der Waals surface area contributed by atoms with Crippen molar-refractivity contribution in [2.75, 3.05) is 6.54 Å². The predicted octanol–water partition coefficient (Wildman–Crippen LogP) is 1.98. The molecule has 4 nitrogen and oxygen atoms in total. The molecule has 2 heterocycles. The summed E-state index contributed by atoms with van der Waals surface area (Å²) in [5.41, 5.74) is 0. The largest absolute Gasteiger partial charge is 0.311 e. The number of rotatable bonds is 2. The Hall–Kier alpha value is -0.900. The zero-order chi connectivity index (χ0) is 11.1. The van der Waals surface area contributed by atoms with Crippen LogP contribution in [0.25, 0.3) is 0 Å². The second kappa shape index (κ2) is 3.84. The number of nitrogens with zero attached hydrogens (tertiary/aromatic N) is 3. The van der Waals surface area contributed by atoms with Gasteiger partial charge in [-0.2, -0.15) is 0 Å². The van der Waals surface area contributed by atoms with E-state index in [9.17, 15) is 0 Å². The number of hydrogen-bond donors (Lipinski definition) is 1. The normalized spacial score (nSPS) is 30.6. The molecule has 2 atom stereocenters. The molecule has 0 radical (unpaired) electrons. The number of piperidine rings is 1. The van der Waals surface area contributed by atoms with E-state index in [2.05, 4.69) is 33.9 Å². The summed E-state index contributed by atoms with van der Waals surface area (Å²) in [6.45, 7) is 5.51. The summed E-state index contributed by atoms with van der Waals surface area (Å²) >= 11 is 0. The quantitative estimate of drug-likeness (QED) is 0.828. The first-order valence-corrected chi connectivity index (χ1v) is 6.42. The van der Waals surface area contributed by atoms with Gasteiger partial charge in [0.05, 0.1) is 6.04 Å². The van der Waals surface area contributed by atoms with E-state index in [1.807, 2.05) is 0 Å². The van der Waals surface area contributed by atoms with Crippen LogP contribution in [-0.2, 0) is 0 Å². The van der Waals surface area contributed by atoms with Crippen molar-refractivity contribution in [2.45, 2.75) is 51.6 Å². The van der Waals surface area contributed by atoms with Gasteiger partial charge in [-0.15, -0.1) is 10.2 Å². The zero-order valence-corrected chi connectivity index (χ0v) is 10.1. The highest BCUT2D eigenvalue weighted by atomic mass is 15.3. The SMILES string of the molecule is Cc1nnc(C2NCCCC2C)n1C1CC1. The zero-order valence-electron chi connectivity index (χ0n) is 10.1. The molecule has 0 aromatic carbocycles. The topological polar surface area (TPSA) is 42.7 Å². The molecular weight excluding hydrogens is 200 g/mol. The van der Waals surface area contributed by atoms with E-state index in [0.717, 1.165) is 12.4 Å². The smallest absolute Gasteiger partial charge is 0.150 e. The fourth-order valence-corrected chi connectivity index (χ4v) is 2.78. The minimum atomic E-state index is 0.413. The second-order valence-corrected chi connectivity index (χ2v) is 5.26. The van der Waals surface area contributed by atoms with Gasteiger partial charge in [0, 0.05) is 6.04 Å². The minimum Gasteiger partial charge on any atom is -0.311 e. The van der Waals surface area contributed by atoms with Gasteiger partial charge in [0.2, 0.25) is 0 Å². The molecule has 2 unspecified atom stereocenters. The molecule has 1 aliphatic heterocycles. The van der Waals surface area contributed by atoms with Crippen LogP contribution in [0.2, 0.25) is 0 Å². The highest BCUT2D eigenvalue weighted by molar-refractivity contribution is 5.07. The molecule has 0 amide bonds. The van der Waals surface area contributed by atoms with Crippen molar-refractivity contribution >= 4 is 0 Å². The van der Waals surface area contributed by atoms with Crippen molar-refractivity contribution in [2.24, 2.45) is 5.92 Å². The van der Waals surface area contributed by atoms with Crippen molar-refractivity contribution in [3.8, 4) is 0 Å². The molecular formula is C12H20N4. The Kier molecular flexibility index (Phi) is 2.46. The lowest BCUT2D eigenvalue weighted by Crippen LogP contribution is -2.34. The first kappa shape index (κ1) is 10.3. The van der Waals surface area contributed by atoms with Gasteiger partial charge in [0.15, 0.2) is 5.82 Å². The summed E-state index contributed by atoms with van der Waals surface area (Å²) < 4.78 is 2.36. The number of hydrogen-bond acceptors (Lipinski definition) is 3. The Bertz CT molecular complexity index is 380. The summed E-state index contributed by atoms with van der Waals surface area (Å²) in [5, 5.41) is 12.3. The first-order chi connectivity index (χ1) is 7.77. The molecule has 0 bridgehead atoms. The van der Waals surface area contributed by atoms with E-state index in [1.165, 1.54) is 31.5 Å². The maximum Gasteiger partial charge on any atom is 0.150 e. The predicted molar refractivity (Wildman–Crippen MR) is 62.2 cm³/mol. The van der Waals surface area contributed by atoms with Gasteiger partial charge in [0.1, 0.15) is 5.82 Å². The Morgan fingerprint density at radius 2 is 2.06 bits per heavy atom.